The summed E-state index contributed by atoms with van der Waals surface area (Å²) in [4.78, 5) is 22.7. The van der Waals surface area contributed by atoms with E-state index in [0.29, 0.717) is 17.4 Å². The van der Waals surface area contributed by atoms with Crippen molar-refractivity contribution in [3.8, 4) is 0 Å². The van der Waals surface area contributed by atoms with Crippen molar-refractivity contribution >= 4 is 22.0 Å². The number of nitrogens with one attached hydrogen (secondary N) is 1. The van der Waals surface area contributed by atoms with Crippen LogP contribution in [0, 0.1) is 0 Å². The maximum atomic E-state index is 11.9. The monoisotopic (exact) mass is 317 g/mol. The van der Waals surface area contributed by atoms with Crippen LogP contribution in [-0.4, -0.2) is 26.9 Å². The predicted octanol–water partition coefficient (Wildman–Crippen LogP) is 1.83. The number of aldehydes is 1. The highest BCUT2D eigenvalue weighted by Gasteiger charge is 2.08. The van der Waals surface area contributed by atoms with Crippen molar-refractivity contribution in [1.82, 2.24) is 5.32 Å². The number of amides is 1. The van der Waals surface area contributed by atoms with Gasteiger partial charge in [-0.3, -0.25) is 9.59 Å². The summed E-state index contributed by atoms with van der Waals surface area (Å²) in [6.45, 7) is 0.290. The Hall–Kier alpha value is -2.47. The smallest absolute Gasteiger partial charge is 0.251 e. The number of rotatable bonds is 5. The van der Waals surface area contributed by atoms with Crippen LogP contribution in [0.5, 0.6) is 0 Å². The van der Waals surface area contributed by atoms with E-state index in [1.54, 1.807) is 36.4 Å². The van der Waals surface area contributed by atoms with Gasteiger partial charge in [-0.1, -0.05) is 24.3 Å². The molecule has 1 amide bonds. The van der Waals surface area contributed by atoms with Gasteiger partial charge in [-0.15, -0.1) is 0 Å². The number of carbonyl (C=O) groups is 2. The highest BCUT2D eigenvalue weighted by molar-refractivity contribution is 7.90. The van der Waals surface area contributed by atoms with E-state index in [0.717, 1.165) is 11.8 Å². The zero-order valence-corrected chi connectivity index (χ0v) is 12.8. The van der Waals surface area contributed by atoms with Gasteiger partial charge in [-0.05, 0) is 29.8 Å². The fourth-order valence-corrected chi connectivity index (χ4v) is 2.48. The first-order valence-corrected chi connectivity index (χ1v) is 8.42. The number of hydrogen-bond acceptors (Lipinski definition) is 4. The number of carbonyl (C=O) groups excluding carboxylic acids is 2. The van der Waals surface area contributed by atoms with Crippen molar-refractivity contribution in [2.75, 3.05) is 6.26 Å². The largest absolute Gasteiger partial charge is 0.348 e. The van der Waals surface area contributed by atoms with Gasteiger partial charge in [0.25, 0.3) is 5.91 Å². The molecule has 0 aliphatic heterocycles. The van der Waals surface area contributed by atoms with Gasteiger partial charge in [-0.2, -0.15) is 0 Å². The van der Waals surface area contributed by atoms with E-state index >= 15 is 0 Å². The van der Waals surface area contributed by atoms with E-state index in [4.69, 9.17) is 0 Å². The third-order valence-corrected chi connectivity index (χ3v) is 4.24. The van der Waals surface area contributed by atoms with Crippen LogP contribution < -0.4 is 5.32 Å². The molecule has 0 fully saturated rings. The predicted molar refractivity (Wildman–Crippen MR) is 82.6 cm³/mol. The molecule has 22 heavy (non-hydrogen) atoms. The molecular weight excluding hydrogens is 302 g/mol. The van der Waals surface area contributed by atoms with Crippen molar-refractivity contribution in [1.29, 1.82) is 0 Å². The van der Waals surface area contributed by atoms with Crippen LogP contribution in [0.15, 0.2) is 53.4 Å². The molecule has 1 N–H and O–H groups in total. The normalized spacial score (nSPS) is 11.0. The lowest BCUT2D eigenvalue weighted by atomic mass is 10.1. The number of sulfone groups is 1. The summed E-state index contributed by atoms with van der Waals surface area (Å²) in [6, 6.07) is 12.6. The first kappa shape index (κ1) is 15.9. The van der Waals surface area contributed by atoms with E-state index in [9.17, 15) is 18.0 Å². The van der Waals surface area contributed by atoms with Gasteiger partial charge in [0.15, 0.2) is 9.84 Å². The second-order valence-corrected chi connectivity index (χ2v) is 6.85. The molecule has 2 rings (SSSR count). The Morgan fingerprint density at radius 1 is 1.05 bits per heavy atom. The minimum atomic E-state index is -3.22. The zero-order chi connectivity index (χ0) is 16.2. The summed E-state index contributed by atoms with van der Waals surface area (Å²) in [6.07, 6.45) is 1.86. The molecule has 0 aliphatic carbocycles. The summed E-state index contributed by atoms with van der Waals surface area (Å²) in [5.74, 6) is -0.260. The quantitative estimate of drug-likeness (QED) is 0.853. The van der Waals surface area contributed by atoms with Crippen molar-refractivity contribution in [3.05, 3.63) is 65.2 Å². The van der Waals surface area contributed by atoms with Crippen molar-refractivity contribution in [2.45, 2.75) is 11.4 Å². The molecule has 0 saturated heterocycles. The Labute approximate surface area is 128 Å². The lowest BCUT2D eigenvalue weighted by Crippen LogP contribution is -2.22. The standard InChI is InChI=1S/C16H15NO4S/c1-22(20,21)15-8-4-12(5-9-15)10-17-16(19)14-6-2-13(11-18)3-7-14/h2-9,11H,10H2,1H3,(H,17,19). The minimum absolute atomic E-state index is 0.243. The van der Waals surface area contributed by atoms with Gasteiger partial charge < -0.3 is 5.32 Å². The Morgan fingerprint density at radius 3 is 2.14 bits per heavy atom. The number of benzene rings is 2. The average Bonchev–Trinajstić information content (AvgIpc) is 2.52. The second-order valence-electron chi connectivity index (χ2n) is 4.84. The molecule has 6 heteroatoms. The maximum absolute atomic E-state index is 11.9. The van der Waals surface area contributed by atoms with Crippen LogP contribution in [0.3, 0.4) is 0 Å². The Morgan fingerprint density at radius 2 is 1.64 bits per heavy atom. The second kappa shape index (κ2) is 6.53. The summed E-state index contributed by atoms with van der Waals surface area (Å²) < 4.78 is 22.7. The SMILES string of the molecule is CS(=O)(=O)c1ccc(CNC(=O)c2ccc(C=O)cc2)cc1. The molecule has 0 atom stereocenters. The fourth-order valence-electron chi connectivity index (χ4n) is 1.85. The molecule has 0 spiro atoms. The lowest BCUT2D eigenvalue weighted by Gasteiger charge is -2.06. The third-order valence-electron chi connectivity index (χ3n) is 3.11. The molecule has 2 aromatic rings. The Kier molecular flexibility index (Phi) is 4.72. The van der Waals surface area contributed by atoms with Gasteiger partial charge in [0, 0.05) is 23.9 Å². The first-order valence-electron chi connectivity index (χ1n) is 6.52. The number of hydrogen-bond donors (Lipinski definition) is 1. The van der Waals surface area contributed by atoms with E-state index in [1.165, 1.54) is 12.1 Å². The first-order chi connectivity index (χ1) is 10.4. The molecule has 0 bridgehead atoms. The van der Waals surface area contributed by atoms with E-state index in [1.807, 2.05) is 0 Å². The van der Waals surface area contributed by atoms with Gasteiger partial charge in [0.05, 0.1) is 4.90 Å². The van der Waals surface area contributed by atoms with Crippen LogP contribution in [0.4, 0.5) is 0 Å². The summed E-state index contributed by atoms with van der Waals surface area (Å²) in [5.41, 5.74) is 1.76. The van der Waals surface area contributed by atoms with Gasteiger partial charge in [0.1, 0.15) is 6.29 Å². The summed E-state index contributed by atoms with van der Waals surface area (Å²) in [7, 11) is -3.22. The molecule has 114 valence electrons. The van der Waals surface area contributed by atoms with Gasteiger partial charge in [0.2, 0.25) is 0 Å². The molecule has 0 radical (unpaired) electrons. The maximum Gasteiger partial charge on any atom is 0.251 e. The van der Waals surface area contributed by atoms with Crippen molar-refractivity contribution in [3.63, 3.8) is 0 Å². The molecule has 0 saturated carbocycles. The van der Waals surface area contributed by atoms with Crippen LogP contribution in [0.2, 0.25) is 0 Å². The highest BCUT2D eigenvalue weighted by atomic mass is 32.2. The molecular formula is C16H15NO4S. The molecule has 0 heterocycles. The average molecular weight is 317 g/mol. The Balaban J connectivity index is 2.00. The van der Waals surface area contributed by atoms with Crippen LogP contribution in [-0.2, 0) is 16.4 Å². The molecule has 2 aromatic carbocycles. The van der Waals surface area contributed by atoms with Crippen LogP contribution >= 0.6 is 0 Å². The van der Waals surface area contributed by atoms with Crippen LogP contribution in [0.1, 0.15) is 26.3 Å². The zero-order valence-electron chi connectivity index (χ0n) is 11.9. The lowest BCUT2D eigenvalue weighted by molar-refractivity contribution is 0.0950. The van der Waals surface area contributed by atoms with E-state index in [-0.39, 0.29) is 17.3 Å². The molecule has 5 nitrogen and oxygen atoms in total. The third kappa shape index (κ3) is 4.02. The molecule has 0 aliphatic rings. The summed E-state index contributed by atoms with van der Waals surface area (Å²) in [5, 5.41) is 2.73. The van der Waals surface area contributed by atoms with Gasteiger partial charge in [-0.25, -0.2) is 8.42 Å². The van der Waals surface area contributed by atoms with E-state index in [2.05, 4.69) is 5.32 Å². The Bertz CT molecular complexity index is 778. The topological polar surface area (TPSA) is 80.3 Å². The van der Waals surface area contributed by atoms with Crippen LogP contribution in [0.25, 0.3) is 0 Å². The van der Waals surface area contributed by atoms with Gasteiger partial charge >= 0.3 is 0 Å². The van der Waals surface area contributed by atoms with Crippen molar-refractivity contribution in [2.24, 2.45) is 0 Å². The molecule has 0 aromatic heterocycles. The van der Waals surface area contributed by atoms with E-state index < -0.39 is 9.84 Å². The fraction of sp³-hybridized carbons (Fsp3) is 0.125. The minimum Gasteiger partial charge on any atom is -0.348 e. The summed E-state index contributed by atoms with van der Waals surface area (Å²) >= 11 is 0. The van der Waals surface area contributed by atoms with Crippen molar-refractivity contribution < 1.29 is 18.0 Å². The molecule has 0 unspecified atom stereocenters. The highest BCUT2D eigenvalue weighted by Crippen LogP contribution is 2.10.